The lowest BCUT2D eigenvalue weighted by Crippen LogP contribution is -2.42. The van der Waals surface area contributed by atoms with E-state index in [1.807, 2.05) is 13.2 Å². The van der Waals surface area contributed by atoms with Crippen LogP contribution >= 0.6 is 0 Å². The predicted octanol–water partition coefficient (Wildman–Crippen LogP) is 2.17. The highest BCUT2D eigenvalue weighted by atomic mass is 19.1. The number of amides is 2. The molecule has 2 N–H and O–H groups in total. The van der Waals surface area contributed by atoms with Crippen LogP contribution in [-0.2, 0) is 19.9 Å². The van der Waals surface area contributed by atoms with Crippen LogP contribution in [-0.4, -0.2) is 28.4 Å². The summed E-state index contributed by atoms with van der Waals surface area (Å²) in [5, 5.41) is 9.43. The zero-order valence-corrected chi connectivity index (χ0v) is 13.1. The molecule has 0 fully saturated rings. The van der Waals surface area contributed by atoms with E-state index >= 15 is 0 Å². The van der Waals surface area contributed by atoms with E-state index in [0.29, 0.717) is 13.0 Å². The molecule has 0 bridgehead atoms. The lowest BCUT2D eigenvalue weighted by atomic mass is 10.1. The van der Waals surface area contributed by atoms with Crippen molar-refractivity contribution >= 4 is 6.03 Å². The minimum Gasteiger partial charge on any atom is -0.338 e. The van der Waals surface area contributed by atoms with E-state index in [2.05, 4.69) is 15.7 Å². The summed E-state index contributed by atoms with van der Waals surface area (Å²) < 4.78 is 28.8. The number of hydrogen-bond acceptors (Lipinski definition) is 2. The minimum absolute atomic E-state index is 0.0179. The third kappa shape index (κ3) is 5.05. The SMILES string of the molecule is C[C@H](Cc1c(F)cccc1F)NC(=O)NCCc1cnn(C)c1. The Morgan fingerprint density at radius 3 is 2.65 bits per heavy atom. The zero-order chi connectivity index (χ0) is 16.8. The van der Waals surface area contributed by atoms with Crippen molar-refractivity contribution in [2.24, 2.45) is 7.05 Å². The van der Waals surface area contributed by atoms with Crippen LogP contribution < -0.4 is 10.6 Å². The van der Waals surface area contributed by atoms with Gasteiger partial charge >= 0.3 is 6.03 Å². The average Bonchev–Trinajstić information content (AvgIpc) is 2.88. The van der Waals surface area contributed by atoms with E-state index < -0.39 is 11.6 Å². The fraction of sp³-hybridized carbons (Fsp3) is 0.375. The van der Waals surface area contributed by atoms with Crippen LogP contribution in [0.4, 0.5) is 13.6 Å². The molecule has 0 aliphatic heterocycles. The lowest BCUT2D eigenvalue weighted by molar-refractivity contribution is 0.237. The van der Waals surface area contributed by atoms with Crippen molar-refractivity contribution < 1.29 is 13.6 Å². The number of carbonyl (C=O) groups excluding carboxylic acids is 1. The molecule has 1 heterocycles. The normalized spacial score (nSPS) is 12.0. The predicted molar refractivity (Wildman–Crippen MR) is 83.0 cm³/mol. The van der Waals surface area contributed by atoms with Gasteiger partial charge in [0.1, 0.15) is 11.6 Å². The number of aromatic nitrogens is 2. The van der Waals surface area contributed by atoms with E-state index in [1.54, 1.807) is 17.8 Å². The highest BCUT2D eigenvalue weighted by Gasteiger charge is 2.14. The zero-order valence-electron chi connectivity index (χ0n) is 13.1. The molecule has 2 aromatic rings. The third-order valence-electron chi connectivity index (χ3n) is 3.41. The van der Waals surface area contributed by atoms with Gasteiger partial charge < -0.3 is 10.6 Å². The molecule has 0 unspecified atom stereocenters. The van der Waals surface area contributed by atoms with Crippen molar-refractivity contribution in [1.29, 1.82) is 0 Å². The monoisotopic (exact) mass is 322 g/mol. The summed E-state index contributed by atoms with van der Waals surface area (Å²) >= 11 is 0. The highest BCUT2D eigenvalue weighted by molar-refractivity contribution is 5.74. The van der Waals surface area contributed by atoms with Crippen molar-refractivity contribution in [3.05, 3.63) is 53.4 Å². The smallest absolute Gasteiger partial charge is 0.315 e. The van der Waals surface area contributed by atoms with Gasteiger partial charge in [0.15, 0.2) is 0 Å². The van der Waals surface area contributed by atoms with E-state index in [-0.39, 0.29) is 24.1 Å². The van der Waals surface area contributed by atoms with Gasteiger partial charge in [0.05, 0.1) is 6.20 Å². The molecule has 0 saturated carbocycles. The minimum atomic E-state index is -0.601. The van der Waals surface area contributed by atoms with Gasteiger partial charge in [0.2, 0.25) is 0 Å². The number of rotatable bonds is 6. The van der Waals surface area contributed by atoms with Crippen molar-refractivity contribution in [2.75, 3.05) is 6.54 Å². The Morgan fingerprint density at radius 1 is 1.35 bits per heavy atom. The fourth-order valence-corrected chi connectivity index (χ4v) is 2.28. The first-order chi connectivity index (χ1) is 11.0. The van der Waals surface area contributed by atoms with Crippen molar-refractivity contribution in [3.63, 3.8) is 0 Å². The second-order valence-electron chi connectivity index (χ2n) is 5.48. The summed E-state index contributed by atoms with van der Waals surface area (Å²) in [5.74, 6) is -1.20. The van der Waals surface area contributed by atoms with Gasteiger partial charge in [-0.1, -0.05) is 6.07 Å². The quantitative estimate of drug-likeness (QED) is 0.856. The number of nitrogens with zero attached hydrogens (tertiary/aromatic N) is 2. The number of nitrogens with one attached hydrogen (secondary N) is 2. The van der Waals surface area contributed by atoms with Crippen molar-refractivity contribution in [1.82, 2.24) is 20.4 Å². The Balaban J connectivity index is 1.76. The molecular weight excluding hydrogens is 302 g/mol. The number of halogens is 2. The lowest BCUT2D eigenvalue weighted by Gasteiger charge is -2.15. The number of hydrogen-bond donors (Lipinski definition) is 2. The van der Waals surface area contributed by atoms with Crippen LogP contribution in [0.15, 0.2) is 30.6 Å². The first-order valence-corrected chi connectivity index (χ1v) is 7.40. The van der Waals surface area contributed by atoms with Gasteiger partial charge in [0, 0.05) is 31.4 Å². The topological polar surface area (TPSA) is 59.0 Å². The van der Waals surface area contributed by atoms with Crippen LogP contribution in [0.2, 0.25) is 0 Å². The van der Waals surface area contributed by atoms with Gasteiger partial charge in [-0.25, -0.2) is 13.6 Å². The summed E-state index contributed by atoms with van der Waals surface area (Å²) in [5.41, 5.74) is 1.00. The number of aryl methyl sites for hydroxylation is 1. The Bertz CT molecular complexity index is 652. The molecule has 124 valence electrons. The molecule has 2 rings (SSSR count). The van der Waals surface area contributed by atoms with E-state index in [9.17, 15) is 13.6 Å². The maximum absolute atomic E-state index is 13.6. The van der Waals surface area contributed by atoms with Crippen LogP contribution in [0.5, 0.6) is 0 Å². The highest BCUT2D eigenvalue weighted by Crippen LogP contribution is 2.14. The largest absolute Gasteiger partial charge is 0.338 e. The first-order valence-electron chi connectivity index (χ1n) is 7.40. The van der Waals surface area contributed by atoms with E-state index in [4.69, 9.17) is 0 Å². The molecule has 1 atom stereocenters. The molecule has 5 nitrogen and oxygen atoms in total. The van der Waals surface area contributed by atoms with E-state index in [0.717, 1.165) is 5.56 Å². The summed E-state index contributed by atoms with van der Waals surface area (Å²) in [4.78, 5) is 11.8. The van der Waals surface area contributed by atoms with Crippen LogP contribution in [0.25, 0.3) is 0 Å². The third-order valence-corrected chi connectivity index (χ3v) is 3.41. The van der Waals surface area contributed by atoms with Crippen molar-refractivity contribution in [2.45, 2.75) is 25.8 Å². The molecule has 0 aliphatic rings. The molecule has 2 amide bonds. The van der Waals surface area contributed by atoms with Crippen LogP contribution in [0.3, 0.4) is 0 Å². The molecule has 23 heavy (non-hydrogen) atoms. The Labute approximate surface area is 133 Å². The molecule has 0 aliphatic carbocycles. The molecule has 1 aromatic heterocycles. The Hall–Kier alpha value is -2.44. The summed E-state index contributed by atoms with van der Waals surface area (Å²) in [6.45, 7) is 2.16. The Morgan fingerprint density at radius 2 is 2.04 bits per heavy atom. The standard InChI is InChI=1S/C16H20F2N4O/c1-11(8-13-14(17)4-3-5-15(13)18)21-16(23)19-7-6-12-9-20-22(2)10-12/h3-5,9-11H,6-8H2,1-2H3,(H2,19,21,23)/t11-/m1/s1. The second kappa shape index (κ2) is 7.71. The average molecular weight is 322 g/mol. The van der Waals surface area contributed by atoms with E-state index in [1.165, 1.54) is 18.2 Å². The molecule has 1 aromatic carbocycles. The van der Waals surface area contributed by atoms with Crippen LogP contribution in [0, 0.1) is 11.6 Å². The van der Waals surface area contributed by atoms with Gasteiger partial charge in [-0.05, 0) is 37.5 Å². The summed E-state index contributed by atoms with van der Waals surface area (Å²) in [6, 6.07) is 2.98. The number of urea groups is 1. The summed E-state index contributed by atoms with van der Waals surface area (Å²) in [7, 11) is 1.83. The van der Waals surface area contributed by atoms with Gasteiger partial charge in [-0.3, -0.25) is 4.68 Å². The second-order valence-corrected chi connectivity index (χ2v) is 5.48. The Kier molecular flexibility index (Phi) is 5.67. The van der Waals surface area contributed by atoms with Gasteiger partial charge in [-0.15, -0.1) is 0 Å². The number of carbonyl (C=O) groups is 1. The van der Waals surface area contributed by atoms with Crippen molar-refractivity contribution in [3.8, 4) is 0 Å². The molecule has 0 spiro atoms. The van der Waals surface area contributed by atoms with Crippen LogP contribution in [0.1, 0.15) is 18.1 Å². The molecule has 0 radical (unpaired) electrons. The van der Waals surface area contributed by atoms with Gasteiger partial charge in [0.25, 0.3) is 0 Å². The fourth-order valence-electron chi connectivity index (χ4n) is 2.28. The number of benzene rings is 1. The maximum atomic E-state index is 13.6. The molecule has 7 heteroatoms. The molecule has 0 saturated heterocycles. The first kappa shape index (κ1) is 16.9. The molecular formula is C16H20F2N4O. The van der Waals surface area contributed by atoms with Gasteiger partial charge in [-0.2, -0.15) is 5.10 Å². The summed E-state index contributed by atoms with van der Waals surface area (Å²) in [6.07, 6.45) is 4.37. The maximum Gasteiger partial charge on any atom is 0.315 e.